The number of fused-ring (bicyclic) bond motifs is 1. The van der Waals surface area contributed by atoms with Gasteiger partial charge in [-0.3, -0.25) is 0 Å². The molecule has 0 bridgehead atoms. The zero-order valence-corrected chi connectivity index (χ0v) is 21.2. The summed E-state index contributed by atoms with van der Waals surface area (Å²) in [5.74, 6) is 0.301. The molecule has 3 heterocycles. The lowest BCUT2D eigenvalue weighted by molar-refractivity contribution is 0.0218. The predicted molar refractivity (Wildman–Crippen MR) is 135 cm³/mol. The molecule has 0 spiro atoms. The number of imidazole rings is 1. The Morgan fingerprint density at radius 2 is 2.03 bits per heavy atom. The Hall–Kier alpha value is -3.79. The number of halogens is 1. The minimum absolute atomic E-state index is 0.307. The topological polar surface area (TPSA) is 115 Å². The van der Waals surface area contributed by atoms with Crippen LogP contribution in [0.1, 0.15) is 51.8 Å². The van der Waals surface area contributed by atoms with E-state index in [0.29, 0.717) is 46.8 Å². The van der Waals surface area contributed by atoms with E-state index in [-0.39, 0.29) is 0 Å². The number of amides is 1. The molecule has 2 N–H and O–H groups in total. The summed E-state index contributed by atoms with van der Waals surface area (Å²) in [4.78, 5) is 26.0. The number of ether oxygens (including phenoxy) is 1. The largest absolute Gasteiger partial charge is 0.444 e. The van der Waals surface area contributed by atoms with Gasteiger partial charge in [0.1, 0.15) is 34.7 Å². The highest BCUT2D eigenvalue weighted by Gasteiger charge is 2.37. The van der Waals surface area contributed by atoms with Gasteiger partial charge in [-0.2, -0.15) is 0 Å². The Bertz CT molecular complexity index is 1440. The van der Waals surface area contributed by atoms with Gasteiger partial charge in [0, 0.05) is 0 Å². The van der Waals surface area contributed by atoms with Crippen LogP contribution in [0.5, 0.6) is 0 Å². The number of aliphatic hydroxyl groups excluding tert-OH is 1. The van der Waals surface area contributed by atoms with Crippen molar-refractivity contribution in [3.63, 3.8) is 0 Å². The third-order valence-corrected chi connectivity index (χ3v) is 6.38. The zero-order chi connectivity index (χ0) is 26.3. The van der Waals surface area contributed by atoms with E-state index < -0.39 is 35.7 Å². The Morgan fingerprint density at radius 1 is 1.24 bits per heavy atom. The molecular formula is C27H30FN5O4. The minimum atomic E-state index is -0.968. The number of oxazole rings is 1. The fourth-order valence-electron chi connectivity index (χ4n) is 4.81. The van der Waals surface area contributed by atoms with Crippen LogP contribution in [0.4, 0.5) is 9.18 Å². The van der Waals surface area contributed by atoms with Crippen molar-refractivity contribution in [3.8, 4) is 23.0 Å². The second-order valence-corrected chi connectivity index (χ2v) is 10.4. The first-order valence-corrected chi connectivity index (χ1v) is 12.3. The van der Waals surface area contributed by atoms with Crippen molar-refractivity contribution in [1.82, 2.24) is 24.8 Å². The minimum Gasteiger partial charge on any atom is -0.444 e. The van der Waals surface area contributed by atoms with Crippen molar-refractivity contribution in [2.75, 3.05) is 0 Å². The summed E-state index contributed by atoms with van der Waals surface area (Å²) >= 11 is 0. The van der Waals surface area contributed by atoms with E-state index in [4.69, 9.17) is 14.1 Å². The van der Waals surface area contributed by atoms with Crippen LogP contribution < -0.4 is 5.32 Å². The predicted octanol–water partition coefficient (Wildman–Crippen LogP) is 5.18. The first kappa shape index (κ1) is 24.9. The molecule has 1 saturated carbocycles. The fraction of sp³-hybridized carbons (Fsp3) is 0.407. The maximum absolute atomic E-state index is 15.0. The highest BCUT2D eigenvalue weighted by atomic mass is 19.1. The molecule has 3 aromatic heterocycles. The van der Waals surface area contributed by atoms with Crippen LogP contribution in [0.25, 0.3) is 34.0 Å². The number of pyridine rings is 1. The molecule has 3 atom stereocenters. The van der Waals surface area contributed by atoms with Crippen molar-refractivity contribution >= 4 is 17.1 Å². The van der Waals surface area contributed by atoms with Crippen molar-refractivity contribution in [2.45, 2.75) is 70.7 Å². The van der Waals surface area contributed by atoms with Gasteiger partial charge in [-0.05, 0) is 65.2 Å². The third-order valence-electron chi connectivity index (χ3n) is 6.38. The molecule has 1 fully saturated rings. The Morgan fingerprint density at radius 3 is 2.73 bits per heavy atom. The summed E-state index contributed by atoms with van der Waals surface area (Å²) < 4.78 is 27.8. The van der Waals surface area contributed by atoms with Gasteiger partial charge in [-0.25, -0.2) is 24.1 Å². The fourth-order valence-corrected chi connectivity index (χ4v) is 4.81. The average Bonchev–Trinajstić information content (AvgIpc) is 3.43. The molecule has 1 amide bonds. The van der Waals surface area contributed by atoms with Crippen molar-refractivity contribution in [1.29, 1.82) is 0 Å². The summed E-state index contributed by atoms with van der Waals surface area (Å²) in [6, 6.07) is 7.14. The molecule has 1 aliphatic rings. The second kappa shape index (κ2) is 9.59. The Kier molecular flexibility index (Phi) is 6.45. The smallest absolute Gasteiger partial charge is 0.407 e. The van der Waals surface area contributed by atoms with E-state index in [1.165, 1.54) is 6.07 Å². The SMILES string of the molecule is Cc1coc(-c2cc3c(cn2)nc(-c2ccccc2F)n3[C@@H]2CCC[C@H](NC(=O)OC(C)(C)C)[C@H]2O)n1. The molecule has 4 aromatic rings. The Labute approximate surface area is 213 Å². The van der Waals surface area contributed by atoms with Crippen molar-refractivity contribution in [2.24, 2.45) is 0 Å². The molecule has 0 aliphatic heterocycles. The first-order valence-electron chi connectivity index (χ1n) is 12.3. The summed E-state index contributed by atoms with van der Waals surface area (Å²) in [7, 11) is 0. The number of hydrogen-bond acceptors (Lipinski definition) is 7. The molecule has 1 aliphatic carbocycles. The van der Waals surface area contributed by atoms with Gasteiger partial charge in [0.2, 0.25) is 5.89 Å². The van der Waals surface area contributed by atoms with Crippen LogP contribution in [0.15, 0.2) is 47.2 Å². The Balaban J connectivity index is 1.60. The molecule has 194 valence electrons. The molecule has 1 aromatic carbocycles. The summed E-state index contributed by atoms with van der Waals surface area (Å²) in [6.45, 7) is 7.17. The maximum Gasteiger partial charge on any atom is 0.407 e. The van der Waals surface area contributed by atoms with Gasteiger partial charge < -0.3 is 24.1 Å². The number of carbonyl (C=O) groups is 1. The molecule has 0 unspecified atom stereocenters. The number of nitrogens with zero attached hydrogens (tertiary/aromatic N) is 4. The van der Waals surface area contributed by atoms with E-state index in [1.807, 2.05) is 11.5 Å². The van der Waals surface area contributed by atoms with Gasteiger partial charge in [0.05, 0.1) is 41.2 Å². The number of rotatable bonds is 4. The van der Waals surface area contributed by atoms with Gasteiger partial charge in [-0.15, -0.1) is 0 Å². The standard InChI is InChI=1S/C27H30FN5O4/c1-15-14-36-25(30-15)19-12-22-20(13-29-19)31-24(16-8-5-6-9-17(16)28)33(22)21-11-7-10-18(23(21)34)32-26(35)37-27(2,3)4/h5-6,8-9,12-14,18,21,23,34H,7,10-11H2,1-4H3,(H,32,35)/t18-,21+,23+/m0/s1. The number of hydrogen-bond donors (Lipinski definition) is 2. The van der Waals surface area contributed by atoms with E-state index in [1.54, 1.807) is 57.5 Å². The number of aromatic nitrogens is 4. The highest BCUT2D eigenvalue weighted by molar-refractivity contribution is 5.83. The van der Waals surface area contributed by atoms with Crippen LogP contribution in [0.3, 0.4) is 0 Å². The highest BCUT2D eigenvalue weighted by Crippen LogP contribution is 2.38. The summed E-state index contributed by atoms with van der Waals surface area (Å²) in [6.07, 6.45) is 3.50. The van der Waals surface area contributed by atoms with Gasteiger partial charge >= 0.3 is 6.09 Å². The van der Waals surface area contributed by atoms with Crippen molar-refractivity contribution < 1.29 is 23.4 Å². The molecule has 5 rings (SSSR count). The average molecular weight is 508 g/mol. The molecule has 37 heavy (non-hydrogen) atoms. The van der Waals surface area contributed by atoms with Gasteiger partial charge in [-0.1, -0.05) is 12.1 Å². The lowest BCUT2D eigenvalue weighted by Gasteiger charge is -2.37. The van der Waals surface area contributed by atoms with Gasteiger partial charge in [0.15, 0.2) is 0 Å². The normalized spacial score (nSPS) is 20.2. The number of aliphatic hydroxyl groups is 1. The first-order chi connectivity index (χ1) is 17.6. The number of carbonyl (C=O) groups excluding carboxylic acids is 1. The second-order valence-electron chi connectivity index (χ2n) is 10.4. The molecule has 0 radical (unpaired) electrons. The van der Waals surface area contributed by atoms with E-state index in [2.05, 4.69) is 15.3 Å². The summed E-state index contributed by atoms with van der Waals surface area (Å²) in [5.41, 5.74) is 2.05. The lowest BCUT2D eigenvalue weighted by Crippen LogP contribution is -2.50. The van der Waals surface area contributed by atoms with Crippen LogP contribution in [0.2, 0.25) is 0 Å². The number of aryl methyl sites for hydroxylation is 1. The van der Waals surface area contributed by atoms with Crippen LogP contribution in [-0.4, -0.2) is 48.5 Å². The van der Waals surface area contributed by atoms with E-state index in [0.717, 1.165) is 12.1 Å². The summed E-state index contributed by atoms with van der Waals surface area (Å²) in [5, 5.41) is 14.3. The number of nitrogens with one attached hydrogen (secondary N) is 1. The van der Waals surface area contributed by atoms with Crippen LogP contribution in [-0.2, 0) is 4.74 Å². The molecule has 9 nitrogen and oxygen atoms in total. The number of benzene rings is 1. The number of alkyl carbamates (subject to hydrolysis) is 1. The van der Waals surface area contributed by atoms with Crippen LogP contribution in [0, 0.1) is 12.7 Å². The quantitative estimate of drug-likeness (QED) is 0.391. The lowest BCUT2D eigenvalue weighted by atomic mass is 9.87. The molecule has 0 saturated heterocycles. The molecular weight excluding hydrogens is 477 g/mol. The van der Waals surface area contributed by atoms with Crippen molar-refractivity contribution in [3.05, 3.63) is 54.3 Å². The van der Waals surface area contributed by atoms with E-state index in [9.17, 15) is 14.3 Å². The third kappa shape index (κ3) is 5.06. The van der Waals surface area contributed by atoms with E-state index >= 15 is 0 Å². The van der Waals surface area contributed by atoms with Gasteiger partial charge in [0.25, 0.3) is 0 Å². The molecule has 10 heteroatoms. The maximum atomic E-state index is 15.0. The van der Waals surface area contributed by atoms with Crippen LogP contribution >= 0.6 is 0 Å². The zero-order valence-electron chi connectivity index (χ0n) is 21.2. The monoisotopic (exact) mass is 507 g/mol.